The summed E-state index contributed by atoms with van der Waals surface area (Å²) in [6.07, 6.45) is 4.91. The van der Waals surface area contributed by atoms with E-state index in [1.54, 1.807) is 13.2 Å². The lowest BCUT2D eigenvalue weighted by Crippen LogP contribution is -2.51. The van der Waals surface area contributed by atoms with E-state index in [0.29, 0.717) is 25.0 Å². The number of methoxy groups -OCH3 is 1. The third-order valence-corrected chi connectivity index (χ3v) is 14.7. The Morgan fingerprint density at radius 1 is 0.393 bits per heavy atom. The molecule has 0 spiro atoms. The van der Waals surface area contributed by atoms with Gasteiger partial charge in [-0.15, -0.1) is 0 Å². The predicted octanol–water partition coefficient (Wildman–Crippen LogP) is 17.2. The first-order valence-corrected chi connectivity index (χ1v) is 30.7. The van der Waals surface area contributed by atoms with E-state index in [-0.39, 0.29) is 68.3 Å². The monoisotopic (exact) mass is 1140 g/mol. The van der Waals surface area contributed by atoms with Crippen molar-refractivity contribution in [3.05, 3.63) is 167 Å². The molecule has 6 aromatic carbocycles. The third-order valence-electron chi connectivity index (χ3n) is 14.7. The third kappa shape index (κ3) is 22.3. The van der Waals surface area contributed by atoms with Crippen molar-refractivity contribution in [3.8, 4) is 44.9 Å². The molecule has 8 nitrogen and oxygen atoms in total. The number of ketones is 3. The molecule has 0 fully saturated rings. The van der Waals surface area contributed by atoms with Gasteiger partial charge in [0.15, 0.2) is 17.3 Å². The van der Waals surface area contributed by atoms with Crippen LogP contribution in [0.4, 0.5) is 0 Å². The van der Waals surface area contributed by atoms with Crippen LogP contribution in [0.1, 0.15) is 179 Å². The number of benzene rings is 6. The Bertz CT molecular complexity index is 3060. The highest BCUT2D eigenvalue weighted by atomic mass is 16.5. The standard InChI is InChI=1S/C26H37NO2.C25H35NO2.C25H35NO/c1-9-19-17-21(29-8)14-15-22(19)20-12-10-18(11-13-20)16-23(27-26(5,6)7)24(28)25(2,3)4;1-8-18-16-20(27)13-14-21(18)19-11-9-17(10-12-19)15-22(26-25(5,6)7)23(28)24(2,3)4;1-8-19-11-9-10-12-21(19)20-15-13-18(14-16-20)17-22(26-25(5,6)7)23(27)24(2,3)4/h10-15,17,23,27H,9,16H2,1-8H3;9-14,16,22,26-27H,8,15H2,1-7H3;9-16,22,26H,8,17H2,1-7H3/t23-;2*22-/m000/s1. The summed E-state index contributed by atoms with van der Waals surface area (Å²) in [6, 6.07) is 45.4. The van der Waals surface area contributed by atoms with E-state index < -0.39 is 0 Å². The molecule has 0 saturated heterocycles. The molecule has 0 bridgehead atoms. The fourth-order valence-electron chi connectivity index (χ4n) is 10.5. The van der Waals surface area contributed by atoms with Crippen LogP contribution in [0, 0.1) is 16.2 Å². The molecule has 0 saturated carbocycles. The van der Waals surface area contributed by atoms with Crippen LogP contribution in [0.3, 0.4) is 0 Å². The number of hydrogen-bond acceptors (Lipinski definition) is 8. The Morgan fingerprint density at radius 2 is 0.690 bits per heavy atom. The summed E-state index contributed by atoms with van der Waals surface area (Å²) in [6.45, 7) is 43.3. The molecule has 456 valence electrons. The van der Waals surface area contributed by atoms with E-state index in [4.69, 9.17) is 4.74 Å². The molecule has 0 aromatic heterocycles. The molecular weight excluding hydrogens is 1030 g/mol. The minimum Gasteiger partial charge on any atom is -0.508 e. The predicted molar refractivity (Wildman–Crippen MR) is 357 cm³/mol. The summed E-state index contributed by atoms with van der Waals surface area (Å²) >= 11 is 0. The van der Waals surface area contributed by atoms with Crippen LogP contribution in [0.25, 0.3) is 33.4 Å². The highest BCUT2D eigenvalue weighted by Gasteiger charge is 2.35. The highest BCUT2D eigenvalue weighted by Crippen LogP contribution is 2.32. The molecule has 0 aliphatic carbocycles. The van der Waals surface area contributed by atoms with Gasteiger partial charge >= 0.3 is 0 Å². The molecule has 4 N–H and O–H groups in total. The average Bonchev–Trinajstić information content (AvgIpc) is 2.70. The van der Waals surface area contributed by atoms with Crippen molar-refractivity contribution in [2.24, 2.45) is 16.2 Å². The number of phenols is 1. The lowest BCUT2D eigenvalue weighted by Gasteiger charge is -2.32. The lowest BCUT2D eigenvalue weighted by atomic mass is 9.83. The number of hydrogen-bond donors (Lipinski definition) is 4. The average molecular weight is 1140 g/mol. The second-order valence-corrected chi connectivity index (χ2v) is 29.0. The molecule has 0 heterocycles. The molecule has 0 unspecified atom stereocenters. The number of carbonyl (C=O) groups is 3. The number of phenolic OH excluding ortho intramolecular Hbond substituents is 1. The van der Waals surface area contributed by atoms with Gasteiger partial charge in [0.25, 0.3) is 0 Å². The normalized spacial score (nSPS) is 13.4. The van der Waals surface area contributed by atoms with Gasteiger partial charge in [-0.1, -0.05) is 192 Å². The zero-order chi connectivity index (χ0) is 63.2. The molecule has 0 radical (unpaired) electrons. The van der Waals surface area contributed by atoms with Gasteiger partial charge in [0, 0.05) is 32.9 Å². The van der Waals surface area contributed by atoms with Crippen molar-refractivity contribution in [1.29, 1.82) is 0 Å². The van der Waals surface area contributed by atoms with Gasteiger partial charge in [-0.25, -0.2) is 0 Å². The van der Waals surface area contributed by atoms with Crippen molar-refractivity contribution < 1.29 is 24.2 Å². The molecular formula is C76H107N3O5. The maximum absolute atomic E-state index is 13.0. The van der Waals surface area contributed by atoms with Crippen molar-refractivity contribution in [1.82, 2.24) is 16.0 Å². The Labute approximate surface area is 508 Å². The molecule has 0 aliphatic rings. The fourth-order valence-corrected chi connectivity index (χ4v) is 10.5. The number of aromatic hydroxyl groups is 1. The van der Waals surface area contributed by atoms with Gasteiger partial charge < -0.3 is 25.8 Å². The van der Waals surface area contributed by atoms with Crippen LogP contribution in [0.2, 0.25) is 0 Å². The Morgan fingerprint density at radius 3 is 0.988 bits per heavy atom. The Kier molecular flexibility index (Phi) is 24.9. The highest BCUT2D eigenvalue weighted by molar-refractivity contribution is 5.90. The van der Waals surface area contributed by atoms with Crippen molar-refractivity contribution in [2.45, 2.75) is 219 Å². The second-order valence-electron chi connectivity index (χ2n) is 29.0. The van der Waals surface area contributed by atoms with Gasteiger partial charge in [-0.2, -0.15) is 0 Å². The van der Waals surface area contributed by atoms with E-state index >= 15 is 0 Å². The summed E-state index contributed by atoms with van der Waals surface area (Å²) in [5.74, 6) is 1.93. The topological polar surface area (TPSA) is 117 Å². The zero-order valence-corrected chi connectivity index (χ0v) is 55.8. The minimum atomic E-state index is -0.384. The molecule has 8 heteroatoms. The number of nitrogens with one attached hydrogen (secondary N) is 3. The van der Waals surface area contributed by atoms with Crippen LogP contribution < -0.4 is 20.7 Å². The number of Topliss-reactive ketones (excluding diaryl/α,β-unsaturated/α-hetero) is 3. The van der Waals surface area contributed by atoms with Crippen LogP contribution >= 0.6 is 0 Å². The molecule has 6 rings (SSSR count). The first-order valence-electron chi connectivity index (χ1n) is 30.7. The number of carbonyl (C=O) groups excluding carboxylic acids is 3. The second kappa shape index (κ2) is 29.8. The first-order chi connectivity index (χ1) is 38.9. The summed E-state index contributed by atoms with van der Waals surface area (Å²) in [4.78, 5) is 38.9. The Balaban J connectivity index is 0.000000270. The minimum absolute atomic E-state index is 0.106. The van der Waals surface area contributed by atoms with Gasteiger partial charge in [0.2, 0.25) is 0 Å². The SMILES string of the molecule is CCc1cc(O)ccc1-c1ccc(C[C@H](NC(C)(C)C)C(=O)C(C)(C)C)cc1.CCc1cc(OC)ccc1-c1ccc(C[C@H](NC(C)(C)C)C(=O)C(C)(C)C)cc1.CCc1ccccc1-c1ccc(C[C@H](NC(C)(C)C)C(=O)C(C)(C)C)cc1. The smallest absolute Gasteiger partial charge is 0.155 e. The van der Waals surface area contributed by atoms with Crippen LogP contribution in [0.15, 0.2) is 133 Å². The zero-order valence-electron chi connectivity index (χ0n) is 55.8. The van der Waals surface area contributed by atoms with E-state index in [2.05, 4.69) is 208 Å². The van der Waals surface area contributed by atoms with E-state index in [1.807, 2.05) is 80.5 Å². The quantitative estimate of drug-likeness (QED) is 0.0634. The summed E-state index contributed by atoms with van der Waals surface area (Å²) in [7, 11) is 1.70. The Hall–Kier alpha value is -6.19. The van der Waals surface area contributed by atoms with Crippen LogP contribution in [-0.2, 0) is 52.9 Å². The van der Waals surface area contributed by atoms with E-state index in [1.165, 1.54) is 44.5 Å². The van der Waals surface area contributed by atoms with Crippen LogP contribution in [-0.4, -0.2) is 64.3 Å². The van der Waals surface area contributed by atoms with Crippen molar-refractivity contribution in [3.63, 3.8) is 0 Å². The molecule has 0 aliphatic heterocycles. The number of ether oxygens (including phenoxy) is 1. The van der Waals surface area contributed by atoms with Gasteiger partial charge in [0.1, 0.15) is 11.5 Å². The van der Waals surface area contributed by atoms with Crippen molar-refractivity contribution >= 4 is 17.3 Å². The van der Waals surface area contributed by atoms with Gasteiger partial charge in [0.05, 0.1) is 25.2 Å². The summed E-state index contributed by atoms with van der Waals surface area (Å²) < 4.78 is 5.36. The number of rotatable bonds is 19. The molecule has 6 aromatic rings. The maximum atomic E-state index is 13.0. The largest absolute Gasteiger partial charge is 0.508 e. The number of aryl methyl sites for hydroxylation is 3. The van der Waals surface area contributed by atoms with Crippen molar-refractivity contribution in [2.75, 3.05) is 7.11 Å². The van der Waals surface area contributed by atoms with E-state index in [0.717, 1.165) is 47.3 Å². The summed E-state index contributed by atoms with van der Waals surface area (Å²) in [5, 5.41) is 20.3. The molecule has 84 heavy (non-hydrogen) atoms. The lowest BCUT2D eigenvalue weighted by molar-refractivity contribution is -0.129. The van der Waals surface area contributed by atoms with E-state index in [9.17, 15) is 19.5 Å². The van der Waals surface area contributed by atoms with Gasteiger partial charge in [-0.3, -0.25) is 14.4 Å². The maximum Gasteiger partial charge on any atom is 0.155 e. The first kappa shape index (κ1) is 70.3. The molecule has 3 atom stereocenters. The fraction of sp³-hybridized carbons (Fsp3) is 0.487. The summed E-state index contributed by atoms with van der Waals surface area (Å²) in [5.41, 5.74) is 13.0. The van der Waals surface area contributed by atoms with Crippen LogP contribution in [0.5, 0.6) is 11.5 Å². The van der Waals surface area contributed by atoms with Gasteiger partial charge in [-0.05, 0) is 192 Å². The molecule has 0 amide bonds.